The Labute approximate surface area is 143 Å². The fraction of sp³-hybridized carbons (Fsp3) is 0.381. The highest BCUT2D eigenvalue weighted by molar-refractivity contribution is 5.80. The Bertz CT molecular complexity index is 723. The van der Waals surface area contributed by atoms with E-state index in [4.69, 9.17) is 4.98 Å². The summed E-state index contributed by atoms with van der Waals surface area (Å²) in [6.45, 7) is 10.3. The van der Waals surface area contributed by atoms with Crippen LogP contribution in [0.3, 0.4) is 0 Å². The zero-order chi connectivity index (χ0) is 15.5. The summed E-state index contributed by atoms with van der Waals surface area (Å²) in [5.74, 6) is 2.43. The molecule has 1 saturated carbocycles. The fourth-order valence-electron chi connectivity index (χ4n) is 3.44. The van der Waals surface area contributed by atoms with Gasteiger partial charge in [-0.3, -0.25) is 0 Å². The number of nitrogens with zero attached hydrogens (tertiary/aromatic N) is 2. The SMILES string of the molecule is C.C=C/C(=C\c1nc2ccccc2n1C=C)C1CCC(C)CC1.[HH].[HH]. The zero-order valence-electron chi connectivity index (χ0n) is 13.3. The molecule has 0 unspecified atom stereocenters. The third-order valence-electron chi connectivity index (χ3n) is 4.82. The minimum absolute atomic E-state index is 0. The number of hydrogen-bond donors (Lipinski definition) is 0. The van der Waals surface area contributed by atoms with Gasteiger partial charge < -0.3 is 4.57 Å². The number of hydrogen-bond acceptors (Lipinski definition) is 1. The van der Waals surface area contributed by atoms with Gasteiger partial charge in [-0.2, -0.15) is 0 Å². The summed E-state index contributed by atoms with van der Waals surface area (Å²) in [6, 6.07) is 8.18. The first kappa shape index (κ1) is 17.3. The highest BCUT2D eigenvalue weighted by Gasteiger charge is 2.20. The summed E-state index contributed by atoms with van der Waals surface area (Å²) >= 11 is 0. The molecule has 0 amide bonds. The van der Waals surface area contributed by atoms with Crippen molar-refractivity contribution in [1.29, 1.82) is 0 Å². The first-order valence-electron chi connectivity index (χ1n) is 8.16. The van der Waals surface area contributed by atoms with Gasteiger partial charge in [0.1, 0.15) is 5.82 Å². The van der Waals surface area contributed by atoms with E-state index in [9.17, 15) is 0 Å². The minimum Gasteiger partial charge on any atom is -0.300 e. The van der Waals surface area contributed by atoms with Crippen LogP contribution in [-0.4, -0.2) is 9.55 Å². The molecule has 1 fully saturated rings. The van der Waals surface area contributed by atoms with Crippen LogP contribution in [-0.2, 0) is 0 Å². The van der Waals surface area contributed by atoms with Gasteiger partial charge in [0.05, 0.1) is 11.0 Å². The van der Waals surface area contributed by atoms with E-state index in [1.54, 1.807) is 0 Å². The second kappa shape index (κ2) is 7.45. The molecule has 0 bridgehead atoms. The average Bonchev–Trinajstić information content (AvgIpc) is 2.90. The molecule has 0 atom stereocenters. The van der Waals surface area contributed by atoms with E-state index >= 15 is 0 Å². The Morgan fingerprint density at radius 2 is 1.91 bits per heavy atom. The van der Waals surface area contributed by atoms with Gasteiger partial charge in [-0.25, -0.2) is 4.98 Å². The maximum atomic E-state index is 4.75. The number of para-hydroxylation sites is 2. The van der Waals surface area contributed by atoms with Gasteiger partial charge in [-0.1, -0.05) is 58.6 Å². The van der Waals surface area contributed by atoms with Crippen LogP contribution in [0.1, 0.15) is 48.7 Å². The van der Waals surface area contributed by atoms with Gasteiger partial charge in [0.2, 0.25) is 0 Å². The van der Waals surface area contributed by atoms with Crippen molar-refractivity contribution >= 4 is 23.3 Å². The number of aromatic nitrogens is 2. The first-order chi connectivity index (χ1) is 10.7. The molecule has 0 spiro atoms. The van der Waals surface area contributed by atoms with Crippen molar-refractivity contribution in [1.82, 2.24) is 9.55 Å². The molecule has 2 aromatic rings. The Balaban J connectivity index is 0.00000192. The third kappa shape index (κ3) is 3.47. The summed E-state index contributed by atoms with van der Waals surface area (Å²) < 4.78 is 2.06. The Kier molecular flexibility index (Phi) is 5.59. The maximum Gasteiger partial charge on any atom is 0.138 e. The van der Waals surface area contributed by atoms with Crippen molar-refractivity contribution in [2.45, 2.75) is 40.0 Å². The summed E-state index contributed by atoms with van der Waals surface area (Å²) in [4.78, 5) is 4.75. The van der Waals surface area contributed by atoms with Crippen LogP contribution in [0.15, 0.2) is 49.1 Å². The lowest BCUT2D eigenvalue weighted by atomic mass is 9.79. The van der Waals surface area contributed by atoms with Crippen molar-refractivity contribution < 1.29 is 2.85 Å². The molecule has 1 heterocycles. The van der Waals surface area contributed by atoms with Gasteiger partial charge in [0.15, 0.2) is 0 Å². The van der Waals surface area contributed by atoms with E-state index in [1.807, 2.05) is 30.5 Å². The maximum absolute atomic E-state index is 4.75. The number of imidazole rings is 1. The lowest BCUT2D eigenvalue weighted by Crippen LogP contribution is -2.13. The van der Waals surface area contributed by atoms with Crippen LogP contribution in [0.25, 0.3) is 23.3 Å². The standard InChI is InChI=1S/C20H24N2.CH4.2H2/c1-4-16(17-12-10-15(3)11-13-17)14-20-21-18-8-6-7-9-19(18)22(20)5-2;;;/h4-9,14-15,17H,1-2,10-13H2,3H3;1H4;2*1H/b16-14+;;;. The van der Waals surface area contributed by atoms with E-state index in [2.05, 4.69) is 36.8 Å². The highest BCUT2D eigenvalue weighted by Crippen LogP contribution is 2.34. The largest absolute Gasteiger partial charge is 0.300 e. The number of allylic oxidation sites excluding steroid dienone is 2. The van der Waals surface area contributed by atoms with Crippen LogP contribution in [0.5, 0.6) is 0 Å². The van der Waals surface area contributed by atoms with Crippen molar-refractivity contribution in [3.63, 3.8) is 0 Å². The van der Waals surface area contributed by atoms with Gasteiger partial charge in [-0.05, 0) is 48.5 Å². The lowest BCUT2D eigenvalue weighted by molar-refractivity contribution is 0.324. The molecule has 2 heteroatoms. The van der Waals surface area contributed by atoms with Crippen LogP contribution in [0.4, 0.5) is 0 Å². The Morgan fingerprint density at radius 1 is 1.22 bits per heavy atom. The van der Waals surface area contributed by atoms with Crippen molar-refractivity contribution in [3.8, 4) is 0 Å². The molecule has 3 rings (SSSR count). The third-order valence-corrected chi connectivity index (χ3v) is 4.82. The zero-order valence-corrected chi connectivity index (χ0v) is 13.3. The smallest absolute Gasteiger partial charge is 0.138 e. The number of fused-ring (bicyclic) bond motifs is 1. The van der Waals surface area contributed by atoms with Crippen LogP contribution in [0.2, 0.25) is 0 Å². The predicted octanol–water partition coefficient (Wildman–Crippen LogP) is 6.66. The van der Waals surface area contributed by atoms with Crippen LogP contribution >= 0.6 is 0 Å². The Hall–Kier alpha value is -2.09. The fourth-order valence-corrected chi connectivity index (χ4v) is 3.44. The minimum atomic E-state index is 0. The summed E-state index contributed by atoms with van der Waals surface area (Å²) in [7, 11) is 0. The van der Waals surface area contributed by atoms with E-state index in [0.717, 1.165) is 22.8 Å². The van der Waals surface area contributed by atoms with Gasteiger partial charge in [0, 0.05) is 9.05 Å². The lowest BCUT2D eigenvalue weighted by Gasteiger charge is -2.27. The molecule has 2 nitrogen and oxygen atoms in total. The van der Waals surface area contributed by atoms with Crippen molar-refractivity contribution in [2.24, 2.45) is 11.8 Å². The summed E-state index contributed by atoms with van der Waals surface area (Å²) in [5.41, 5.74) is 3.42. The summed E-state index contributed by atoms with van der Waals surface area (Å²) in [5, 5.41) is 0. The molecule has 0 saturated heterocycles. The highest BCUT2D eigenvalue weighted by atomic mass is 15.1. The summed E-state index contributed by atoms with van der Waals surface area (Å²) in [6.07, 6.45) is 11.2. The van der Waals surface area contributed by atoms with E-state index < -0.39 is 0 Å². The first-order valence-corrected chi connectivity index (χ1v) is 8.16. The molecular formula is C21H32N2. The molecule has 23 heavy (non-hydrogen) atoms. The molecular weight excluding hydrogens is 280 g/mol. The van der Waals surface area contributed by atoms with E-state index in [-0.39, 0.29) is 10.3 Å². The monoisotopic (exact) mass is 312 g/mol. The topological polar surface area (TPSA) is 17.8 Å². The number of benzene rings is 1. The normalized spacial score (nSPS) is 21.7. The molecule has 1 aliphatic rings. The van der Waals surface area contributed by atoms with Crippen LogP contribution in [0, 0.1) is 11.8 Å². The van der Waals surface area contributed by atoms with E-state index in [0.29, 0.717) is 5.92 Å². The molecule has 1 aromatic carbocycles. The second-order valence-corrected chi connectivity index (χ2v) is 6.32. The van der Waals surface area contributed by atoms with E-state index in [1.165, 1.54) is 31.3 Å². The van der Waals surface area contributed by atoms with Gasteiger partial charge in [-0.15, -0.1) is 0 Å². The second-order valence-electron chi connectivity index (χ2n) is 6.32. The number of rotatable bonds is 4. The molecule has 0 aliphatic heterocycles. The average molecular weight is 313 g/mol. The molecule has 1 aliphatic carbocycles. The molecule has 0 N–H and O–H groups in total. The van der Waals surface area contributed by atoms with Gasteiger partial charge in [0.25, 0.3) is 0 Å². The van der Waals surface area contributed by atoms with Gasteiger partial charge >= 0.3 is 0 Å². The van der Waals surface area contributed by atoms with Crippen molar-refractivity contribution in [2.75, 3.05) is 0 Å². The molecule has 126 valence electrons. The quantitative estimate of drug-likeness (QED) is 0.577. The Morgan fingerprint density at radius 3 is 2.57 bits per heavy atom. The van der Waals surface area contributed by atoms with Crippen LogP contribution < -0.4 is 0 Å². The predicted molar refractivity (Wildman–Crippen MR) is 106 cm³/mol. The molecule has 0 radical (unpaired) electrons. The molecule has 1 aromatic heterocycles. The van der Waals surface area contributed by atoms with Crippen molar-refractivity contribution in [3.05, 3.63) is 54.9 Å².